The third kappa shape index (κ3) is 3.84. The van der Waals surface area contributed by atoms with Crippen LogP contribution in [0, 0.1) is 20.8 Å². The Labute approximate surface area is 183 Å². The van der Waals surface area contributed by atoms with Gasteiger partial charge in [-0.15, -0.1) is 0 Å². The molecule has 5 heterocycles. The summed E-state index contributed by atoms with van der Waals surface area (Å²) in [6.07, 6.45) is 4.29. The summed E-state index contributed by atoms with van der Waals surface area (Å²) in [7, 11) is 1.98. The zero-order valence-electron chi connectivity index (χ0n) is 18.9. The number of rotatable bonds is 4. The minimum absolute atomic E-state index is 0.504. The number of nitrogens with zero attached hydrogens (tertiary/aromatic N) is 6. The van der Waals surface area contributed by atoms with Crippen molar-refractivity contribution in [3.05, 3.63) is 40.2 Å². The Morgan fingerprint density at radius 2 is 1.94 bits per heavy atom. The second-order valence-electron chi connectivity index (χ2n) is 8.89. The van der Waals surface area contributed by atoms with Crippen LogP contribution in [0.4, 0.5) is 0 Å². The lowest BCUT2D eigenvalue weighted by Gasteiger charge is -2.31. The minimum atomic E-state index is 0.504. The topological polar surface area (TPSA) is 84.8 Å². The minimum Gasteiger partial charge on any atom is -0.477 e. The molecule has 0 radical (unpaired) electrons. The third-order valence-corrected chi connectivity index (χ3v) is 6.79. The van der Waals surface area contributed by atoms with E-state index in [1.807, 2.05) is 18.7 Å². The first-order chi connectivity index (χ1) is 15.0. The molecule has 3 aromatic rings. The molecule has 5 rings (SSSR count). The monoisotopic (exact) mass is 421 g/mol. The van der Waals surface area contributed by atoms with Crippen molar-refractivity contribution in [3.8, 4) is 17.1 Å². The van der Waals surface area contributed by atoms with Crippen LogP contribution in [0.5, 0.6) is 5.88 Å². The number of ether oxygens (including phenoxy) is 1. The van der Waals surface area contributed by atoms with Gasteiger partial charge in [0.25, 0.3) is 0 Å². The number of hydrogen-bond donors (Lipinski definition) is 1. The van der Waals surface area contributed by atoms with Gasteiger partial charge in [-0.05, 0) is 65.6 Å². The molecule has 0 aromatic carbocycles. The highest BCUT2D eigenvalue weighted by molar-refractivity contribution is 5.65. The molecule has 3 aromatic heterocycles. The molecule has 0 spiro atoms. The van der Waals surface area contributed by atoms with Crippen molar-refractivity contribution in [2.45, 2.75) is 58.9 Å². The van der Waals surface area contributed by atoms with Gasteiger partial charge in [-0.2, -0.15) is 15.2 Å². The van der Waals surface area contributed by atoms with Gasteiger partial charge < -0.3 is 4.74 Å². The Morgan fingerprint density at radius 1 is 1.13 bits per heavy atom. The lowest BCUT2D eigenvalue weighted by molar-refractivity contribution is 0.196. The Kier molecular flexibility index (Phi) is 5.25. The van der Waals surface area contributed by atoms with Crippen LogP contribution in [-0.4, -0.2) is 54.5 Å². The van der Waals surface area contributed by atoms with Gasteiger partial charge in [0.05, 0.1) is 24.5 Å². The van der Waals surface area contributed by atoms with E-state index >= 15 is 0 Å². The molecule has 31 heavy (non-hydrogen) atoms. The normalized spacial score (nSPS) is 17.5. The van der Waals surface area contributed by atoms with Crippen molar-refractivity contribution in [1.82, 2.24) is 34.8 Å². The maximum absolute atomic E-state index is 5.78. The van der Waals surface area contributed by atoms with Crippen LogP contribution in [0.2, 0.25) is 0 Å². The molecule has 0 saturated carbocycles. The fraction of sp³-hybridized carbons (Fsp3) is 0.565. The highest BCUT2D eigenvalue weighted by atomic mass is 16.5. The zero-order valence-corrected chi connectivity index (χ0v) is 18.9. The largest absolute Gasteiger partial charge is 0.477 e. The average molecular weight is 422 g/mol. The lowest BCUT2D eigenvalue weighted by Crippen LogP contribution is -2.33. The lowest BCUT2D eigenvalue weighted by atomic mass is 9.93. The van der Waals surface area contributed by atoms with E-state index in [1.54, 1.807) is 0 Å². The van der Waals surface area contributed by atoms with Crippen molar-refractivity contribution < 1.29 is 4.74 Å². The van der Waals surface area contributed by atoms with Gasteiger partial charge >= 0.3 is 0 Å². The summed E-state index contributed by atoms with van der Waals surface area (Å²) >= 11 is 0. The van der Waals surface area contributed by atoms with Crippen LogP contribution < -0.4 is 4.74 Å². The molecular formula is C23H31N7O. The molecule has 164 valence electrons. The fourth-order valence-corrected chi connectivity index (χ4v) is 4.94. The first kappa shape index (κ1) is 20.2. The number of H-pyrrole nitrogens is 1. The van der Waals surface area contributed by atoms with Crippen LogP contribution >= 0.6 is 0 Å². The van der Waals surface area contributed by atoms with E-state index in [2.05, 4.69) is 40.1 Å². The summed E-state index contributed by atoms with van der Waals surface area (Å²) < 4.78 is 7.70. The highest BCUT2D eigenvalue weighted by Gasteiger charge is 2.25. The second kappa shape index (κ2) is 8.07. The van der Waals surface area contributed by atoms with Gasteiger partial charge in [0.15, 0.2) is 0 Å². The van der Waals surface area contributed by atoms with Crippen LogP contribution in [-0.2, 0) is 20.0 Å². The van der Waals surface area contributed by atoms with Crippen LogP contribution in [0.1, 0.15) is 59.3 Å². The average Bonchev–Trinajstić information content (AvgIpc) is 3.33. The van der Waals surface area contributed by atoms with Gasteiger partial charge in [0.1, 0.15) is 5.82 Å². The van der Waals surface area contributed by atoms with Crippen LogP contribution in [0.3, 0.4) is 0 Å². The van der Waals surface area contributed by atoms with E-state index in [4.69, 9.17) is 14.7 Å². The van der Waals surface area contributed by atoms with Crippen molar-refractivity contribution >= 4 is 0 Å². The Morgan fingerprint density at radius 3 is 2.68 bits per heavy atom. The Bertz CT molecular complexity index is 1090. The van der Waals surface area contributed by atoms with E-state index < -0.39 is 0 Å². The first-order valence-electron chi connectivity index (χ1n) is 11.3. The van der Waals surface area contributed by atoms with Crippen LogP contribution in [0.25, 0.3) is 11.3 Å². The molecule has 0 amide bonds. The van der Waals surface area contributed by atoms with Crippen molar-refractivity contribution in [2.75, 3.05) is 19.7 Å². The number of likely N-dealkylation sites (tertiary alicyclic amines) is 1. The molecule has 1 fully saturated rings. The van der Waals surface area contributed by atoms with E-state index in [9.17, 15) is 0 Å². The predicted octanol–water partition coefficient (Wildman–Crippen LogP) is 3.23. The molecule has 0 atom stereocenters. The molecule has 1 N–H and O–H groups in total. The SMILES string of the molecule is Cc1nc(CN2CCC(c3cc(-c4c(C)nn(C)c4C)n[nH]3)CC2)nc2c1CCCO2. The van der Waals surface area contributed by atoms with Gasteiger partial charge in [-0.3, -0.25) is 14.7 Å². The summed E-state index contributed by atoms with van der Waals surface area (Å²) in [4.78, 5) is 11.9. The van der Waals surface area contributed by atoms with Gasteiger partial charge in [0.2, 0.25) is 5.88 Å². The molecule has 2 aliphatic heterocycles. The second-order valence-corrected chi connectivity index (χ2v) is 8.89. The molecule has 0 unspecified atom stereocenters. The summed E-state index contributed by atoms with van der Waals surface area (Å²) in [5.74, 6) is 2.18. The molecular weight excluding hydrogens is 390 g/mol. The van der Waals surface area contributed by atoms with Crippen molar-refractivity contribution in [3.63, 3.8) is 0 Å². The predicted molar refractivity (Wildman–Crippen MR) is 118 cm³/mol. The summed E-state index contributed by atoms with van der Waals surface area (Å²) in [6.45, 7) is 9.83. The highest BCUT2D eigenvalue weighted by Crippen LogP contribution is 2.32. The molecule has 8 nitrogen and oxygen atoms in total. The van der Waals surface area contributed by atoms with Crippen molar-refractivity contribution in [2.24, 2.45) is 7.05 Å². The Balaban J connectivity index is 1.23. The fourth-order valence-electron chi connectivity index (χ4n) is 4.94. The molecule has 1 saturated heterocycles. The quantitative estimate of drug-likeness (QED) is 0.696. The number of hydrogen-bond acceptors (Lipinski definition) is 6. The number of aromatic nitrogens is 6. The van der Waals surface area contributed by atoms with Crippen molar-refractivity contribution in [1.29, 1.82) is 0 Å². The summed E-state index contributed by atoms with van der Waals surface area (Å²) in [5.41, 5.74) is 7.80. The van der Waals surface area contributed by atoms with E-state index in [0.717, 1.165) is 92.0 Å². The number of piperidine rings is 1. The standard InChI is InChI=1S/C23H31N7O/c1-14-18-6-5-11-31-23(18)25-21(24-14)13-30-9-7-17(8-10-30)19-12-20(27-26-19)22-15(2)28-29(4)16(22)3/h12,17H,5-11,13H2,1-4H3,(H,26,27). The Hall–Kier alpha value is -2.74. The maximum atomic E-state index is 5.78. The zero-order chi connectivity index (χ0) is 21.5. The molecule has 0 aliphatic carbocycles. The molecule has 0 bridgehead atoms. The summed E-state index contributed by atoms with van der Waals surface area (Å²) in [6, 6.07) is 2.21. The van der Waals surface area contributed by atoms with Gasteiger partial charge in [-0.1, -0.05) is 0 Å². The molecule has 8 heteroatoms. The number of aromatic amines is 1. The van der Waals surface area contributed by atoms with E-state index in [1.165, 1.54) is 11.3 Å². The summed E-state index contributed by atoms with van der Waals surface area (Å²) in [5, 5.41) is 12.4. The van der Waals surface area contributed by atoms with Gasteiger partial charge in [0, 0.05) is 41.2 Å². The van der Waals surface area contributed by atoms with E-state index in [0.29, 0.717) is 5.92 Å². The molecule has 2 aliphatic rings. The number of aryl methyl sites for hydroxylation is 3. The number of nitrogens with one attached hydrogen (secondary N) is 1. The maximum Gasteiger partial charge on any atom is 0.220 e. The number of fused-ring (bicyclic) bond motifs is 1. The smallest absolute Gasteiger partial charge is 0.220 e. The van der Waals surface area contributed by atoms with Gasteiger partial charge in [-0.25, -0.2) is 4.98 Å². The first-order valence-corrected chi connectivity index (χ1v) is 11.3. The van der Waals surface area contributed by atoms with Crippen LogP contribution in [0.15, 0.2) is 6.07 Å². The third-order valence-electron chi connectivity index (χ3n) is 6.79. The van der Waals surface area contributed by atoms with E-state index in [-0.39, 0.29) is 0 Å².